The van der Waals surface area contributed by atoms with Gasteiger partial charge < -0.3 is 25.2 Å². The first-order chi connectivity index (χ1) is 16.0. The first-order valence-corrected chi connectivity index (χ1v) is 11.1. The highest BCUT2D eigenvalue weighted by Gasteiger charge is 2.33. The summed E-state index contributed by atoms with van der Waals surface area (Å²) in [6.45, 7) is 0.116. The molecule has 1 atom stereocenters. The van der Waals surface area contributed by atoms with E-state index in [0.29, 0.717) is 12.8 Å². The standard InChI is InChI=1S/C25H28N2O6/c1-32-16-12-15(13-16)26-24(30)22(10-11-23(28)29)27-25(31)33-14-21-19-8-4-2-6-17(19)18-7-3-5-9-20(18)21/h2-9,15-16,21-22H,10-14H2,1H3,(H,26,30)(H,27,31)(H,28,29). The maximum atomic E-state index is 12.7. The molecular formula is C25H28N2O6. The van der Waals surface area contributed by atoms with Gasteiger partial charge in [-0.1, -0.05) is 48.5 Å². The third-order valence-electron chi connectivity index (χ3n) is 6.37. The molecule has 0 saturated heterocycles. The number of alkyl carbamates (subject to hydrolysis) is 1. The summed E-state index contributed by atoms with van der Waals surface area (Å²) in [6, 6.07) is 15.0. The average Bonchev–Trinajstić information content (AvgIpc) is 3.10. The molecule has 0 radical (unpaired) electrons. The van der Waals surface area contributed by atoms with Crippen LogP contribution in [-0.2, 0) is 19.1 Å². The van der Waals surface area contributed by atoms with E-state index in [9.17, 15) is 14.4 Å². The molecule has 0 heterocycles. The summed E-state index contributed by atoms with van der Waals surface area (Å²) in [5.41, 5.74) is 4.42. The van der Waals surface area contributed by atoms with Crippen LogP contribution in [0.3, 0.4) is 0 Å². The van der Waals surface area contributed by atoms with E-state index >= 15 is 0 Å². The van der Waals surface area contributed by atoms with Gasteiger partial charge in [-0.25, -0.2) is 4.79 Å². The van der Waals surface area contributed by atoms with E-state index in [1.165, 1.54) is 0 Å². The largest absolute Gasteiger partial charge is 0.481 e. The molecule has 2 amide bonds. The number of rotatable bonds is 9. The fraction of sp³-hybridized carbons (Fsp3) is 0.400. The molecular weight excluding hydrogens is 424 g/mol. The van der Waals surface area contributed by atoms with Crippen molar-refractivity contribution in [2.45, 2.75) is 49.8 Å². The molecule has 174 valence electrons. The third kappa shape index (κ3) is 5.17. The predicted octanol–water partition coefficient (Wildman–Crippen LogP) is 3.05. The average molecular weight is 453 g/mol. The minimum Gasteiger partial charge on any atom is -0.481 e. The Morgan fingerprint density at radius 3 is 2.21 bits per heavy atom. The van der Waals surface area contributed by atoms with Crippen molar-refractivity contribution in [2.75, 3.05) is 13.7 Å². The molecule has 0 spiro atoms. The topological polar surface area (TPSA) is 114 Å². The van der Waals surface area contributed by atoms with Crippen LogP contribution in [0.2, 0.25) is 0 Å². The smallest absolute Gasteiger partial charge is 0.407 e. The van der Waals surface area contributed by atoms with Gasteiger partial charge in [-0.2, -0.15) is 0 Å². The Labute approximate surface area is 192 Å². The second-order valence-electron chi connectivity index (χ2n) is 8.49. The summed E-state index contributed by atoms with van der Waals surface area (Å²) < 4.78 is 10.7. The minimum absolute atomic E-state index is 0.0220. The number of hydrogen-bond donors (Lipinski definition) is 3. The number of benzene rings is 2. The molecule has 33 heavy (non-hydrogen) atoms. The van der Waals surface area contributed by atoms with Gasteiger partial charge in [0, 0.05) is 25.5 Å². The molecule has 8 heteroatoms. The number of hydrogen-bond acceptors (Lipinski definition) is 5. The number of aliphatic carboxylic acids is 1. The van der Waals surface area contributed by atoms with Crippen molar-refractivity contribution in [1.29, 1.82) is 0 Å². The zero-order valence-electron chi connectivity index (χ0n) is 18.5. The van der Waals surface area contributed by atoms with Crippen LogP contribution in [0.5, 0.6) is 0 Å². The number of fused-ring (bicyclic) bond motifs is 3. The van der Waals surface area contributed by atoms with Crippen LogP contribution in [-0.4, -0.2) is 55.0 Å². The number of amides is 2. The lowest BCUT2D eigenvalue weighted by Crippen LogP contribution is -2.54. The highest BCUT2D eigenvalue weighted by atomic mass is 16.5. The first-order valence-electron chi connectivity index (χ1n) is 11.1. The van der Waals surface area contributed by atoms with Crippen LogP contribution < -0.4 is 10.6 Å². The van der Waals surface area contributed by atoms with Crippen molar-refractivity contribution in [2.24, 2.45) is 0 Å². The van der Waals surface area contributed by atoms with E-state index in [2.05, 4.69) is 22.8 Å². The van der Waals surface area contributed by atoms with Gasteiger partial charge >= 0.3 is 12.1 Å². The monoisotopic (exact) mass is 452 g/mol. The summed E-state index contributed by atoms with van der Waals surface area (Å²) in [5.74, 6) is -1.55. The van der Waals surface area contributed by atoms with Crippen molar-refractivity contribution < 1.29 is 29.0 Å². The molecule has 1 saturated carbocycles. The zero-order chi connectivity index (χ0) is 23.4. The quantitative estimate of drug-likeness (QED) is 0.539. The number of methoxy groups -OCH3 is 1. The normalized spacial score (nSPS) is 19.5. The van der Waals surface area contributed by atoms with E-state index in [1.807, 2.05) is 36.4 Å². The van der Waals surface area contributed by atoms with Crippen LogP contribution in [0.25, 0.3) is 11.1 Å². The fourth-order valence-electron chi connectivity index (χ4n) is 4.50. The molecule has 0 bridgehead atoms. The molecule has 3 N–H and O–H groups in total. The number of carbonyl (C=O) groups excluding carboxylic acids is 2. The Hall–Kier alpha value is -3.39. The summed E-state index contributed by atoms with van der Waals surface area (Å²) >= 11 is 0. The van der Waals surface area contributed by atoms with Crippen molar-refractivity contribution in [3.63, 3.8) is 0 Å². The van der Waals surface area contributed by atoms with Gasteiger partial charge in [-0.05, 0) is 41.5 Å². The highest BCUT2D eigenvalue weighted by molar-refractivity contribution is 5.86. The Balaban J connectivity index is 1.37. The number of carboxylic acids is 1. The van der Waals surface area contributed by atoms with Crippen LogP contribution in [0, 0.1) is 0 Å². The van der Waals surface area contributed by atoms with Crippen LogP contribution in [0.4, 0.5) is 4.79 Å². The van der Waals surface area contributed by atoms with Crippen LogP contribution >= 0.6 is 0 Å². The van der Waals surface area contributed by atoms with Gasteiger partial charge in [0.15, 0.2) is 0 Å². The van der Waals surface area contributed by atoms with Crippen molar-refractivity contribution in [1.82, 2.24) is 10.6 Å². The van der Waals surface area contributed by atoms with E-state index < -0.39 is 24.0 Å². The van der Waals surface area contributed by atoms with E-state index in [0.717, 1.165) is 22.3 Å². The summed E-state index contributed by atoms with van der Waals surface area (Å²) in [4.78, 5) is 36.3. The molecule has 4 rings (SSSR count). The number of ether oxygens (including phenoxy) is 2. The maximum Gasteiger partial charge on any atom is 0.407 e. The van der Waals surface area contributed by atoms with Crippen molar-refractivity contribution in [3.05, 3.63) is 59.7 Å². The van der Waals surface area contributed by atoms with Gasteiger partial charge in [-0.3, -0.25) is 9.59 Å². The Bertz CT molecular complexity index is 988. The zero-order valence-corrected chi connectivity index (χ0v) is 18.5. The van der Waals surface area contributed by atoms with Gasteiger partial charge in [0.05, 0.1) is 6.10 Å². The second-order valence-corrected chi connectivity index (χ2v) is 8.49. The Morgan fingerprint density at radius 1 is 1.03 bits per heavy atom. The highest BCUT2D eigenvalue weighted by Crippen LogP contribution is 2.44. The van der Waals surface area contributed by atoms with E-state index in [4.69, 9.17) is 14.6 Å². The third-order valence-corrected chi connectivity index (χ3v) is 6.37. The minimum atomic E-state index is -1.04. The molecule has 2 aromatic rings. The van der Waals surface area contributed by atoms with Crippen molar-refractivity contribution >= 4 is 18.0 Å². The molecule has 1 unspecified atom stereocenters. The van der Waals surface area contributed by atoms with Crippen LogP contribution in [0.1, 0.15) is 42.7 Å². The number of nitrogens with one attached hydrogen (secondary N) is 2. The Morgan fingerprint density at radius 2 is 1.64 bits per heavy atom. The molecule has 1 fully saturated rings. The van der Waals surface area contributed by atoms with Gasteiger partial charge in [-0.15, -0.1) is 0 Å². The number of carbonyl (C=O) groups is 3. The fourth-order valence-corrected chi connectivity index (χ4v) is 4.50. The van der Waals surface area contributed by atoms with Gasteiger partial charge in [0.25, 0.3) is 0 Å². The molecule has 2 aliphatic carbocycles. The Kier molecular flexibility index (Phi) is 6.93. The number of carboxylic acid groups (broad SMARTS) is 1. The molecule has 2 aliphatic rings. The maximum absolute atomic E-state index is 12.7. The van der Waals surface area contributed by atoms with Gasteiger partial charge in [0.2, 0.25) is 5.91 Å². The molecule has 0 aliphatic heterocycles. The lowest BCUT2D eigenvalue weighted by molar-refractivity contribution is -0.137. The van der Waals surface area contributed by atoms with Crippen LogP contribution in [0.15, 0.2) is 48.5 Å². The first kappa shape index (κ1) is 22.8. The van der Waals surface area contributed by atoms with Crippen molar-refractivity contribution in [3.8, 4) is 11.1 Å². The second kappa shape index (κ2) is 10.0. The van der Waals surface area contributed by atoms with E-state index in [-0.39, 0.29) is 37.5 Å². The summed E-state index contributed by atoms with van der Waals surface area (Å²) in [5, 5.41) is 14.4. The predicted molar refractivity (Wildman–Crippen MR) is 121 cm³/mol. The molecule has 0 aromatic heterocycles. The summed E-state index contributed by atoms with van der Waals surface area (Å²) in [6.07, 6.45) is 0.491. The summed E-state index contributed by atoms with van der Waals surface area (Å²) in [7, 11) is 1.62. The lowest BCUT2D eigenvalue weighted by Gasteiger charge is -2.35. The van der Waals surface area contributed by atoms with E-state index in [1.54, 1.807) is 7.11 Å². The SMILES string of the molecule is COC1CC(NC(=O)C(CCC(=O)O)NC(=O)OCC2c3ccccc3-c3ccccc32)C1. The molecule has 8 nitrogen and oxygen atoms in total. The lowest BCUT2D eigenvalue weighted by atomic mass is 9.89. The van der Waals surface area contributed by atoms with Gasteiger partial charge in [0.1, 0.15) is 12.6 Å². The molecule has 2 aromatic carbocycles.